The van der Waals surface area contributed by atoms with E-state index in [0.717, 1.165) is 17.0 Å². The number of nitrogens with two attached hydrogens (primary N) is 1. The van der Waals surface area contributed by atoms with Crippen LogP contribution in [0.15, 0.2) is 29.8 Å². The van der Waals surface area contributed by atoms with E-state index in [1.165, 1.54) is 23.5 Å². The van der Waals surface area contributed by atoms with Crippen LogP contribution in [0.3, 0.4) is 0 Å². The quantitative estimate of drug-likeness (QED) is 0.934. The van der Waals surface area contributed by atoms with Crippen molar-refractivity contribution in [1.29, 1.82) is 0 Å². The Morgan fingerprint density at radius 3 is 2.39 bits per heavy atom. The molecule has 1 aromatic carbocycles. The summed E-state index contributed by atoms with van der Waals surface area (Å²) in [4.78, 5) is 4.59. The number of aromatic nitrogens is 1. The van der Waals surface area contributed by atoms with E-state index >= 15 is 0 Å². The van der Waals surface area contributed by atoms with Gasteiger partial charge in [-0.05, 0) is 24.3 Å². The van der Waals surface area contributed by atoms with Crippen molar-refractivity contribution in [3.63, 3.8) is 0 Å². The largest absolute Gasteiger partial charge is 0.488 e. The van der Waals surface area contributed by atoms with Crippen LogP contribution in [0.1, 0.15) is 10.4 Å². The summed E-state index contributed by atoms with van der Waals surface area (Å²) >= 11 is 1.34. The predicted molar refractivity (Wildman–Crippen MR) is 62.3 cm³/mol. The van der Waals surface area contributed by atoms with E-state index in [1.54, 1.807) is 5.51 Å². The second-order valence-corrected chi connectivity index (χ2v) is 4.41. The van der Waals surface area contributed by atoms with Crippen molar-refractivity contribution in [3.05, 3.63) is 40.2 Å². The number of thiazole rings is 1. The minimum atomic E-state index is -4.33. The van der Waals surface area contributed by atoms with Gasteiger partial charge in [0.25, 0.3) is 0 Å². The fourth-order valence-corrected chi connectivity index (χ4v) is 1.87. The minimum absolute atomic E-state index is 0.196. The molecule has 2 N–H and O–H groups in total. The molecular formula is C11H9F3N2OS. The van der Waals surface area contributed by atoms with Gasteiger partial charge in [0.15, 0.2) is 0 Å². The highest BCUT2D eigenvalue weighted by molar-refractivity contribution is 7.10. The molecule has 1 aromatic heterocycles. The Bertz CT molecular complexity index is 522. The Kier molecular flexibility index (Phi) is 3.42. The summed E-state index contributed by atoms with van der Waals surface area (Å²) in [6.07, 6.45) is -4.33. The third kappa shape index (κ3) is 2.92. The summed E-state index contributed by atoms with van der Waals surface area (Å²) in [6, 6.07) is 4.51. The van der Waals surface area contributed by atoms with Gasteiger partial charge < -0.3 is 10.5 Å². The zero-order valence-corrected chi connectivity index (χ0v) is 9.89. The van der Waals surface area contributed by atoms with Crippen LogP contribution >= 0.6 is 11.3 Å². The van der Waals surface area contributed by atoms with E-state index in [4.69, 9.17) is 10.5 Å². The second-order valence-electron chi connectivity index (χ2n) is 3.47. The van der Waals surface area contributed by atoms with Crippen LogP contribution < -0.4 is 10.5 Å². The summed E-state index contributed by atoms with van der Waals surface area (Å²) in [5, 5.41) is 0. The van der Waals surface area contributed by atoms with Crippen molar-refractivity contribution >= 4 is 17.2 Å². The molecule has 0 atom stereocenters. The highest BCUT2D eigenvalue weighted by Crippen LogP contribution is 2.30. The standard InChI is InChI=1S/C11H9F3N2OS/c12-11(13,14)7-1-3-8(4-2-7)17-5-9-10(15)16-6-18-9/h1-4,6H,5,15H2. The number of ether oxygens (including phenoxy) is 1. The molecule has 0 aliphatic heterocycles. The van der Waals surface area contributed by atoms with Crippen LogP contribution in [0.2, 0.25) is 0 Å². The number of benzene rings is 1. The Morgan fingerprint density at radius 2 is 1.89 bits per heavy atom. The average Bonchev–Trinajstić information content (AvgIpc) is 2.72. The summed E-state index contributed by atoms with van der Waals surface area (Å²) in [5.41, 5.74) is 6.44. The Labute approximate surface area is 105 Å². The molecule has 2 aromatic rings. The number of alkyl halides is 3. The smallest absolute Gasteiger partial charge is 0.416 e. The number of rotatable bonds is 3. The number of nitrogen functional groups attached to an aromatic ring is 1. The van der Waals surface area contributed by atoms with E-state index in [1.807, 2.05) is 0 Å². The first-order chi connectivity index (χ1) is 8.47. The third-order valence-corrected chi connectivity index (χ3v) is 3.05. The Hall–Kier alpha value is -1.76. The highest BCUT2D eigenvalue weighted by atomic mass is 32.1. The van der Waals surface area contributed by atoms with E-state index < -0.39 is 11.7 Å². The van der Waals surface area contributed by atoms with E-state index in [-0.39, 0.29) is 6.61 Å². The first-order valence-electron chi connectivity index (χ1n) is 4.94. The summed E-state index contributed by atoms with van der Waals surface area (Å²) in [5.74, 6) is 0.739. The summed E-state index contributed by atoms with van der Waals surface area (Å²) in [7, 11) is 0. The maximum absolute atomic E-state index is 12.3. The average molecular weight is 274 g/mol. The Balaban J connectivity index is 2.01. The predicted octanol–water partition coefficient (Wildman–Crippen LogP) is 3.32. The second kappa shape index (κ2) is 4.85. The normalized spacial score (nSPS) is 11.5. The molecule has 0 spiro atoms. The van der Waals surface area contributed by atoms with Gasteiger partial charge >= 0.3 is 6.18 Å². The minimum Gasteiger partial charge on any atom is -0.488 e. The molecule has 18 heavy (non-hydrogen) atoms. The maximum atomic E-state index is 12.3. The van der Waals surface area contributed by atoms with Crippen LogP contribution in [0.4, 0.5) is 19.0 Å². The van der Waals surface area contributed by atoms with Gasteiger partial charge in [-0.25, -0.2) is 4.98 Å². The van der Waals surface area contributed by atoms with Gasteiger partial charge in [0.2, 0.25) is 0 Å². The van der Waals surface area contributed by atoms with Crippen molar-refractivity contribution in [2.75, 3.05) is 5.73 Å². The summed E-state index contributed by atoms with van der Waals surface area (Å²) in [6.45, 7) is 0.196. The molecule has 0 saturated carbocycles. The molecule has 2 rings (SSSR count). The number of hydrogen-bond donors (Lipinski definition) is 1. The van der Waals surface area contributed by atoms with Crippen LogP contribution in [-0.4, -0.2) is 4.98 Å². The van der Waals surface area contributed by atoms with E-state index in [2.05, 4.69) is 4.98 Å². The van der Waals surface area contributed by atoms with Crippen molar-refractivity contribution in [1.82, 2.24) is 4.98 Å². The lowest BCUT2D eigenvalue weighted by Crippen LogP contribution is -2.04. The first-order valence-corrected chi connectivity index (χ1v) is 5.82. The molecular weight excluding hydrogens is 265 g/mol. The lowest BCUT2D eigenvalue weighted by Gasteiger charge is -2.08. The van der Waals surface area contributed by atoms with Gasteiger partial charge in [-0.3, -0.25) is 0 Å². The van der Waals surface area contributed by atoms with Gasteiger partial charge in [0.1, 0.15) is 18.2 Å². The molecule has 3 nitrogen and oxygen atoms in total. The van der Waals surface area contributed by atoms with E-state index in [9.17, 15) is 13.2 Å². The highest BCUT2D eigenvalue weighted by Gasteiger charge is 2.29. The molecule has 0 fully saturated rings. The van der Waals surface area contributed by atoms with Crippen molar-refractivity contribution in [2.45, 2.75) is 12.8 Å². The van der Waals surface area contributed by atoms with Crippen molar-refractivity contribution in [3.8, 4) is 5.75 Å². The van der Waals surface area contributed by atoms with Gasteiger partial charge in [0.05, 0.1) is 16.0 Å². The van der Waals surface area contributed by atoms with Crippen molar-refractivity contribution < 1.29 is 17.9 Å². The molecule has 0 aliphatic rings. The van der Waals surface area contributed by atoms with Crippen LogP contribution in [0.25, 0.3) is 0 Å². The van der Waals surface area contributed by atoms with Gasteiger partial charge in [-0.2, -0.15) is 13.2 Å². The number of anilines is 1. The van der Waals surface area contributed by atoms with Crippen LogP contribution in [0.5, 0.6) is 5.75 Å². The molecule has 0 bridgehead atoms. The van der Waals surface area contributed by atoms with Crippen molar-refractivity contribution in [2.24, 2.45) is 0 Å². The SMILES string of the molecule is Nc1ncsc1COc1ccc(C(F)(F)F)cc1. The monoisotopic (exact) mass is 274 g/mol. The molecule has 0 amide bonds. The number of hydrogen-bond acceptors (Lipinski definition) is 4. The molecule has 0 aliphatic carbocycles. The van der Waals surface area contributed by atoms with Gasteiger partial charge in [-0.15, -0.1) is 11.3 Å². The number of nitrogens with zero attached hydrogens (tertiary/aromatic N) is 1. The zero-order chi connectivity index (χ0) is 13.2. The molecule has 96 valence electrons. The first kappa shape index (κ1) is 12.7. The molecule has 7 heteroatoms. The van der Waals surface area contributed by atoms with Crippen LogP contribution in [0, 0.1) is 0 Å². The topological polar surface area (TPSA) is 48.1 Å². The molecule has 0 radical (unpaired) electrons. The fraction of sp³-hybridized carbons (Fsp3) is 0.182. The van der Waals surface area contributed by atoms with Crippen LogP contribution in [-0.2, 0) is 12.8 Å². The zero-order valence-electron chi connectivity index (χ0n) is 9.07. The lowest BCUT2D eigenvalue weighted by atomic mass is 10.2. The third-order valence-electron chi connectivity index (χ3n) is 2.22. The molecule has 0 unspecified atom stereocenters. The fourth-order valence-electron chi connectivity index (χ4n) is 1.28. The molecule has 0 saturated heterocycles. The van der Waals surface area contributed by atoms with Gasteiger partial charge in [-0.1, -0.05) is 0 Å². The van der Waals surface area contributed by atoms with E-state index in [0.29, 0.717) is 11.6 Å². The summed E-state index contributed by atoms with van der Waals surface area (Å²) < 4.78 is 42.3. The Morgan fingerprint density at radius 1 is 1.22 bits per heavy atom. The molecule has 1 heterocycles. The van der Waals surface area contributed by atoms with Gasteiger partial charge in [0, 0.05) is 0 Å². The maximum Gasteiger partial charge on any atom is 0.416 e. The lowest BCUT2D eigenvalue weighted by molar-refractivity contribution is -0.137. The number of halogens is 3.